The molecule has 3 nitrogen and oxygen atoms in total. The molecule has 3 rings (SSSR count). The van der Waals surface area contributed by atoms with E-state index in [1.165, 1.54) is 16.7 Å². The van der Waals surface area contributed by atoms with E-state index < -0.39 is 0 Å². The van der Waals surface area contributed by atoms with E-state index in [1.807, 2.05) is 12.3 Å². The molecular formula is C13H13N3. The maximum Gasteiger partial charge on any atom is 0.0574 e. The first-order chi connectivity index (χ1) is 7.93. The van der Waals surface area contributed by atoms with Crippen molar-refractivity contribution in [2.24, 2.45) is 0 Å². The van der Waals surface area contributed by atoms with E-state index in [4.69, 9.17) is 0 Å². The van der Waals surface area contributed by atoms with Gasteiger partial charge in [0.2, 0.25) is 0 Å². The lowest BCUT2D eigenvalue weighted by Crippen LogP contribution is -2.23. The third-order valence-corrected chi connectivity index (χ3v) is 3.01. The third kappa shape index (κ3) is 1.70. The quantitative estimate of drug-likeness (QED) is 0.781. The minimum absolute atomic E-state index is 0.990. The second-order valence-corrected chi connectivity index (χ2v) is 4.04. The SMILES string of the molecule is c1cc(-c2ccc3c(c2)CCNC3)cnn1. The highest BCUT2D eigenvalue weighted by molar-refractivity contribution is 5.63. The van der Waals surface area contributed by atoms with Crippen LogP contribution in [0.15, 0.2) is 36.7 Å². The van der Waals surface area contributed by atoms with Gasteiger partial charge in [0.1, 0.15) is 0 Å². The van der Waals surface area contributed by atoms with E-state index in [2.05, 4.69) is 33.7 Å². The molecule has 0 bridgehead atoms. The molecule has 0 aliphatic carbocycles. The summed E-state index contributed by atoms with van der Waals surface area (Å²) in [5.41, 5.74) is 5.23. The first kappa shape index (κ1) is 9.48. The first-order valence-electron chi connectivity index (χ1n) is 5.53. The molecule has 0 radical (unpaired) electrons. The van der Waals surface area contributed by atoms with Crippen LogP contribution in [0.25, 0.3) is 11.1 Å². The van der Waals surface area contributed by atoms with Crippen LogP contribution in [-0.2, 0) is 13.0 Å². The van der Waals surface area contributed by atoms with Gasteiger partial charge in [0.05, 0.1) is 12.4 Å². The molecule has 0 atom stereocenters. The Balaban J connectivity index is 2.03. The first-order valence-corrected chi connectivity index (χ1v) is 5.53. The summed E-state index contributed by atoms with van der Waals surface area (Å²) in [6.45, 7) is 2.06. The molecule has 2 heterocycles. The average molecular weight is 211 g/mol. The van der Waals surface area contributed by atoms with Gasteiger partial charge in [-0.2, -0.15) is 10.2 Å². The zero-order valence-electron chi connectivity index (χ0n) is 8.98. The number of rotatable bonds is 1. The van der Waals surface area contributed by atoms with E-state index in [0.29, 0.717) is 0 Å². The molecular weight excluding hydrogens is 198 g/mol. The van der Waals surface area contributed by atoms with E-state index >= 15 is 0 Å². The molecule has 0 amide bonds. The molecule has 2 aromatic rings. The summed E-state index contributed by atoms with van der Waals surface area (Å²) in [4.78, 5) is 0. The normalized spacial score (nSPS) is 14.5. The van der Waals surface area contributed by atoms with Gasteiger partial charge in [0.25, 0.3) is 0 Å². The molecule has 0 saturated carbocycles. The predicted molar refractivity (Wildman–Crippen MR) is 62.9 cm³/mol. The van der Waals surface area contributed by atoms with Gasteiger partial charge >= 0.3 is 0 Å². The fourth-order valence-corrected chi connectivity index (χ4v) is 2.12. The zero-order chi connectivity index (χ0) is 10.8. The summed E-state index contributed by atoms with van der Waals surface area (Å²) in [5.74, 6) is 0. The van der Waals surface area contributed by atoms with Crippen molar-refractivity contribution in [2.45, 2.75) is 13.0 Å². The lowest BCUT2D eigenvalue weighted by Gasteiger charge is -2.17. The lowest BCUT2D eigenvalue weighted by atomic mass is 9.96. The molecule has 1 N–H and O–H groups in total. The van der Waals surface area contributed by atoms with Crippen molar-refractivity contribution in [2.75, 3.05) is 6.54 Å². The topological polar surface area (TPSA) is 37.8 Å². The molecule has 1 aliphatic rings. The van der Waals surface area contributed by atoms with Crippen LogP contribution < -0.4 is 5.32 Å². The van der Waals surface area contributed by atoms with Crippen LogP contribution in [0.2, 0.25) is 0 Å². The van der Waals surface area contributed by atoms with Crippen LogP contribution in [0.3, 0.4) is 0 Å². The van der Waals surface area contributed by atoms with Crippen molar-refractivity contribution in [3.8, 4) is 11.1 Å². The van der Waals surface area contributed by atoms with Crippen molar-refractivity contribution >= 4 is 0 Å². The second kappa shape index (κ2) is 4.02. The molecule has 80 valence electrons. The van der Waals surface area contributed by atoms with Crippen LogP contribution >= 0.6 is 0 Å². The summed E-state index contributed by atoms with van der Waals surface area (Å²) in [5, 5.41) is 11.1. The maximum atomic E-state index is 3.91. The van der Waals surface area contributed by atoms with Crippen LogP contribution in [0, 0.1) is 0 Å². The number of aromatic nitrogens is 2. The van der Waals surface area contributed by atoms with Crippen LogP contribution in [0.1, 0.15) is 11.1 Å². The summed E-state index contributed by atoms with van der Waals surface area (Å²) in [7, 11) is 0. The van der Waals surface area contributed by atoms with Gasteiger partial charge in [0, 0.05) is 12.1 Å². The van der Waals surface area contributed by atoms with Gasteiger partial charge in [-0.25, -0.2) is 0 Å². The van der Waals surface area contributed by atoms with Crippen molar-refractivity contribution < 1.29 is 0 Å². The summed E-state index contributed by atoms with van der Waals surface area (Å²) in [6, 6.07) is 8.63. The van der Waals surface area contributed by atoms with Gasteiger partial charge in [0.15, 0.2) is 0 Å². The van der Waals surface area contributed by atoms with E-state index in [9.17, 15) is 0 Å². The number of hydrogen-bond acceptors (Lipinski definition) is 3. The molecule has 1 aromatic carbocycles. The number of nitrogens with zero attached hydrogens (tertiary/aromatic N) is 2. The Morgan fingerprint density at radius 1 is 1.00 bits per heavy atom. The van der Waals surface area contributed by atoms with Crippen LogP contribution in [0.4, 0.5) is 0 Å². The largest absolute Gasteiger partial charge is 0.312 e. The molecule has 0 unspecified atom stereocenters. The molecule has 16 heavy (non-hydrogen) atoms. The Morgan fingerprint density at radius 3 is 2.88 bits per heavy atom. The Hall–Kier alpha value is -1.74. The minimum atomic E-state index is 0.990. The molecule has 0 fully saturated rings. The second-order valence-electron chi connectivity index (χ2n) is 4.04. The van der Waals surface area contributed by atoms with Gasteiger partial charge < -0.3 is 5.32 Å². The van der Waals surface area contributed by atoms with Gasteiger partial charge in [-0.3, -0.25) is 0 Å². The lowest BCUT2D eigenvalue weighted by molar-refractivity contribution is 0.644. The van der Waals surface area contributed by atoms with Gasteiger partial charge in [-0.1, -0.05) is 18.2 Å². The molecule has 1 aromatic heterocycles. The number of nitrogens with one attached hydrogen (secondary N) is 1. The highest BCUT2D eigenvalue weighted by Gasteiger charge is 2.09. The summed E-state index contributed by atoms with van der Waals surface area (Å²) in [6.07, 6.45) is 4.65. The number of fused-ring (bicyclic) bond motifs is 1. The third-order valence-electron chi connectivity index (χ3n) is 3.01. The van der Waals surface area contributed by atoms with E-state index in [-0.39, 0.29) is 0 Å². The fraction of sp³-hybridized carbons (Fsp3) is 0.231. The van der Waals surface area contributed by atoms with E-state index in [1.54, 1.807) is 6.20 Å². The summed E-state index contributed by atoms with van der Waals surface area (Å²) >= 11 is 0. The van der Waals surface area contributed by atoms with Gasteiger partial charge in [-0.05, 0) is 35.7 Å². The van der Waals surface area contributed by atoms with Crippen LogP contribution in [-0.4, -0.2) is 16.7 Å². The summed E-state index contributed by atoms with van der Waals surface area (Å²) < 4.78 is 0. The Kier molecular flexibility index (Phi) is 2.38. The molecule has 0 spiro atoms. The zero-order valence-corrected chi connectivity index (χ0v) is 8.98. The van der Waals surface area contributed by atoms with Crippen molar-refractivity contribution in [3.63, 3.8) is 0 Å². The molecule has 0 saturated heterocycles. The average Bonchev–Trinajstić information content (AvgIpc) is 2.39. The molecule has 1 aliphatic heterocycles. The van der Waals surface area contributed by atoms with Crippen molar-refractivity contribution in [3.05, 3.63) is 47.8 Å². The smallest absolute Gasteiger partial charge is 0.0574 e. The number of hydrogen-bond donors (Lipinski definition) is 1. The Morgan fingerprint density at radius 2 is 2.00 bits per heavy atom. The maximum absolute atomic E-state index is 3.91. The van der Waals surface area contributed by atoms with E-state index in [0.717, 1.165) is 25.1 Å². The number of benzene rings is 1. The van der Waals surface area contributed by atoms with Crippen molar-refractivity contribution in [1.82, 2.24) is 15.5 Å². The monoisotopic (exact) mass is 211 g/mol. The van der Waals surface area contributed by atoms with Crippen LogP contribution in [0.5, 0.6) is 0 Å². The highest BCUT2D eigenvalue weighted by Crippen LogP contribution is 2.23. The van der Waals surface area contributed by atoms with Gasteiger partial charge in [-0.15, -0.1) is 0 Å². The highest BCUT2D eigenvalue weighted by atomic mass is 15.1. The fourth-order valence-electron chi connectivity index (χ4n) is 2.12. The predicted octanol–water partition coefficient (Wildman–Crippen LogP) is 1.79. The van der Waals surface area contributed by atoms with Crippen molar-refractivity contribution in [1.29, 1.82) is 0 Å². The Bertz CT molecular complexity index is 494. The Labute approximate surface area is 94.5 Å². The minimum Gasteiger partial charge on any atom is -0.312 e. The standard InChI is InChI=1S/C13H13N3/c1-2-12-8-14-5-3-11(12)7-10(1)13-4-6-15-16-9-13/h1-2,4,6-7,9,14H,3,5,8H2. The molecule has 3 heteroatoms.